The Morgan fingerprint density at radius 1 is 0.902 bits per heavy atom. The van der Waals surface area contributed by atoms with Crippen molar-refractivity contribution in [3.63, 3.8) is 0 Å². The predicted octanol–water partition coefficient (Wildman–Crippen LogP) is 3.43. The smallest absolute Gasteiger partial charge is 0.305 e. The number of nitrogens with one attached hydrogen (secondary N) is 2. The Hall–Kier alpha value is -4.91. The molecule has 12 nitrogen and oxygen atoms in total. The second-order valence-corrected chi connectivity index (χ2v) is 10.0. The number of thioether (sulfide) groups is 1. The van der Waals surface area contributed by atoms with Gasteiger partial charge in [-0.1, -0.05) is 18.2 Å². The molecule has 1 aliphatic heterocycles. The third-order valence-electron chi connectivity index (χ3n) is 6.16. The van der Waals surface area contributed by atoms with Crippen LogP contribution in [0.15, 0.2) is 60.7 Å². The second kappa shape index (κ2) is 12.5. The number of hydrogen-bond donors (Lipinski definition) is 4. The highest BCUT2D eigenvalue weighted by atomic mass is 32.2. The number of aromatic hydroxyl groups is 1. The maximum atomic E-state index is 13.1. The van der Waals surface area contributed by atoms with Crippen molar-refractivity contribution in [1.82, 2.24) is 10.4 Å². The first-order valence-electron chi connectivity index (χ1n) is 12.2. The minimum atomic E-state index is -1.16. The first kappa shape index (κ1) is 29.1. The van der Waals surface area contributed by atoms with Gasteiger partial charge in [-0.05, 0) is 42.5 Å². The molecular formula is C28H27N3O9S. The van der Waals surface area contributed by atoms with Gasteiger partial charge in [-0.15, -0.1) is 11.8 Å². The van der Waals surface area contributed by atoms with E-state index < -0.39 is 40.7 Å². The number of para-hydroxylation sites is 1. The average Bonchev–Trinajstić information content (AvgIpc) is 3.26. The molecule has 3 amide bonds. The van der Waals surface area contributed by atoms with Gasteiger partial charge in [0.1, 0.15) is 11.1 Å². The van der Waals surface area contributed by atoms with Gasteiger partial charge in [0.25, 0.3) is 17.7 Å². The normalized spacial score (nSPS) is 16.2. The van der Waals surface area contributed by atoms with E-state index in [0.29, 0.717) is 28.5 Å². The number of amides is 3. The summed E-state index contributed by atoms with van der Waals surface area (Å²) >= 11 is 1.02. The Kier molecular flexibility index (Phi) is 8.87. The van der Waals surface area contributed by atoms with Crippen molar-refractivity contribution >= 4 is 41.1 Å². The van der Waals surface area contributed by atoms with Crippen LogP contribution >= 0.6 is 11.8 Å². The topological polar surface area (TPSA) is 164 Å². The number of phenolic OH excluding ortho intramolecular Hbond substituents is 1. The summed E-state index contributed by atoms with van der Waals surface area (Å²) in [6.45, 7) is 0. The number of hydrazine groups is 1. The third kappa shape index (κ3) is 6.30. The van der Waals surface area contributed by atoms with Crippen LogP contribution in [0, 0.1) is 0 Å². The van der Waals surface area contributed by atoms with E-state index in [0.717, 1.165) is 16.8 Å². The van der Waals surface area contributed by atoms with Crippen molar-refractivity contribution in [3.8, 4) is 23.0 Å². The zero-order valence-electron chi connectivity index (χ0n) is 22.2. The number of hydrogen-bond acceptors (Lipinski definition) is 9. The molecule has 214 valence electrons. The molecular weight excluding hydrogens is 554 g/mol. The first-order valence-corrected chi connectivity index (χ1v) is 13.1. The number of anilines is 1. The van der Waals surface area contributed by atoms with Crippen LogP contribution in [-0.4, -0.2) is 65.5 Å². The SMILES string of the molecule is COc1cc(C(=O)Nc2ccc(C(=O)NN3C(=O)C(CC(=O)O)SC3c3ccccc3O)cc2)cc(OC)c1OC. The standard InChI is InChI=1S/C28H27N3O9S/c1-38-20-12-16(13-21(39-2)24(20)40-3)25(35)29-17-10-8-15(9-11-17)26(36)30-31-27(37)22(14-23(33)34)41-28(31)18-6-4-5-7-19(18)32/h4-13,22,28,32H,14H2,1-3H3,(H,29,35)(H,30,36)(H,33,34). The van der Waals surface area contributed by atoms with Crippen molar-refractivity contribution < 1.29 is 43.6 Å². The maximum Gasteiger partial charge on any atom is 0.305 e. The molecule has 41 heavy (non-hydrogen) atoms. The lowest BCUT2D eigenvalue weighted by Crippen LogP contribution is -2.46. The monoisotopic (exact) mass is 581 g/mol. The molecule has 0 aromatic heterocycles. The number of aliphatic carboxylic acids is 1. The molecule has 0 saturated carbocycles. The lowest BCUT2D eigenvalue weighted by atomic mass is 10.1. The highest BCUT2D eigenvalue weighted by Gasteiger charge is 2.44. The Morgan fingerprint density at radius 3 is 2.10 bits per heavy atom. The largest absolute Gasteiger partial charge is 0.508 e. The zero-order chi connectivity index (χ0) is 29.7. The Morgan fingerprint density at radius 2 is 1.54 bits per heavy atom. The van der Waals surface area contributed by atoms with Gasteiger partial charge in [0, 0.05) is 22.4 Å². The Balaban J connectivity index is 1.49. The lowest BCUT2D eigenvalue weighted by molar-refractivity contribution is -0.140. The summed E-state index contributed by atoms with van der Waals surface area (Å²) < 4.78 is 15.9. The summed E-state index contributed by atoms with van der Waals surface area (Å²) in [5.74, 6) is -2.00. The number of carbonyl (C=O) groups is 4. The lowest BCUT2D eigenvalue weighted by Gasteiger charge is -2.25. The van der Waals surface area contributed by atoms with Gasteiger partial charge in [0.05, 0.1) is 33.0 Å². The molecule has 4 rings (SSSR count). The molecule has 4 N–H and O–H groups in total. The molecule has 1 fully saturated rings. The molecule has 2 unspecified atom stereocenters. The number of carboxylic acids is 1. The maximum absolute atomic E-state index is 13.1. The molecule has 1 saturated heterocycles. The van der Waals surface area contributed by atoms with Gasteiger partial charge >= 0.3 is 5.97 Å². The molecule has 1 heterocycles. The van der Waals surface area contributed by atoms with E-state index >= 15 is 0 Å². The summed E-state index contributed by atoms with van der Waals surface area (Å²) in [6, 6.07) is 15.2. The molecule has 0 aliphatic carbocycles. The number of carbonyl (C=O) groups excluding carboxylic acids is 3. The molecule has 1 aliphatic rings. The van der Waals surface area contributed by atoms with Crippen molar-refractivity contribution in [2.24, 2.45) is 0 Å². The number of carboxylic acid groups (broad SMARTS) is 1. The van der Waals surface area contributed by atoms with Crippen LogP contribution in [0.5, 0.6) is 23.0 Å². The van der Waals surface area contributed by atoms with E-state index in [1.54, 1.807) is 18.2 Å². The number of rotatable bonds is 10. The number of phenols is 1. The number of methoxy groups -OCH3 is 3. The minimum absolute atomic E-state index is 0.0970. The van der Waals surface area contributed by atoms with E-state index in [1.165, 1.54) is 63.8 Å². The van der Waals surface area contributed by atoms with E-state index in [2.05, 4.69) is 10.7 Å². The molecule has 3 aromatic rings. The van der Waals surface area contributed by atoms with Crippen LogP contribution in [0.25, 0.3) is 0 Å². The fourth-order valence-electron chi connectivity index (χ4n) is 4.16. The highest BCUT2D eigenvalue weighted by Crippen LogP contribution is 2.45. The predicted molar refractivity (Wildman–Crippen MR) is 149 cm³/mol. The van der Waals surface area contributed by atoms with Crippen molar-refractivity contribution in [2.45, 2.75) is 17.0 Å². The molecule has 0 radical (unpaired) electrons. The van der Waals surface area contributed by atoms with E-state index in [1.807, 2.05) is 0 Å². The molecule has 0 bridgehead atoms. The van der Waals surface area contributed by atoms with Crippen molar-refractivity contribution in [2.75, 3.05) is 26.6 Å². The Bertz CT molecular complexity index is 1450. The fraction of sp³-hybridized carbons (Fsp3) is 0.214. The summed E-state index contributed by atoms with van der Waals surface area (Å²) in [6.07, 6.45) is -0.444. The second-order valence-electron chi connectivity index (χ2n) is 8.73. The zero-order valence-corrected chi connectivity index (χ0v) is 23.1. The summed E-state index contributed by atoms with van der Waals surface area (Å²) in [5.41, 5.74) is 3.70. The molecule has 0 spiro atoms. The highest BCUT2D eigenvalue weighted by molar-refractivity contribution is 8.01. The number of nitrogens with zero attached hydrogens (tertiary/aromatic N) is 1. The van der Waals surface area contributed by atoms with Gasteiger partial charge in [-0.3, -0.25) is 24.6 Å². The van der Waals surface area contributed by atoms with Gasteiger partial charge in [0.15, 0.2) is 11.5 Å². The molecule has 13 heteroatoms. The van der Waals surface area contributed by atoms with Crippen molar-refractivity contribution in [1.29, 1.82) is 0 Å². The molecule has 3 aromatic carbocycles. The minimum Gasteiger partial charge on any atom is -0.508 e. The van der Waals surface area contributed by atoms with E-state index in [9.17, 15) is 29.4 Å². The summed E-state index contributed by atoms with van der Waals surface area (Å²) in [7, 11) is 4.33. The van der Waals surface area contributed by atoms with Crippen LogP contribution in [0.4, 0.5) is 5.69 Å². The fourth-order valence-corrected chi connectivity index (χ4v) is 5.56. The van der Waals surface area contributed by atoms with Crippen LogP contribution in [0.3, 0.4) is 0 Å². The summed E-state index contributed by atoms with van der Waals surface area (Å²) in [5, 5.41) is 21.5. The van der Waals surface area contributed by atoms with Crippen LogP contribution in [-0.2, 0) is 9.59 Å². The molecule has 2 atom stereocenters. The number of ether oxygens (including phenoxy) is 3. The Labute approximate surface area is 239 Å². The van der Waals surface area contributed by atoms with Crippen LogP contribution in [0.1, 0.15) is 38.1 Å². The van der Waals surface area contributed by atoms with Gasteiger partial charge in [-0.2, -0.15) is 0 Å². The first-order chi connectivity index (χ1) is 19.7. The average molecular weight is 582 g/mol. The van der Waals surface area contributed by atoms with Gasteiger partial charge in [-0.25, -0.2) is 5.01 Å². The van der Waals surface area contributed by atoms with Gasteiger partial charge in [0.2, 0.25) is 5.75 Å². The third-order valence-corrected chi connectivity index (χ3v) is 7.58. The summed E-state index contributed by atoms with van der Waals surface area (Å²) in [4.78, 5) is 50.3. The number of benzene rings is 3. The van der Waals surface area contributed by atoms with Crippen LogP contribution in [0.2, 0.25) is 0 Å². The van der Waals surface area contributed by atoms with E-state index in [-0.39, 0.29) is 16.9 Å². The quantitative estimate of drug-likeness (QED) is 0.279. The van der Waals surface area contributed by atoms with Gasteiger partial charge < -0.3 is 29.7 Å². The van der Waals surface area contributed by atoms with E-state index in [4.69, 9.17) is 14.2 Å². The van der Waals surface area contributed by atoms with Crippen LogP contribution < -0.4 is 25.0 Å². The van der Waals surface area contributed by atoms with Crippen molar-refractivity contribution in [3.05, 3.63) is 77.4 Å².